The summed E-state index contributed by atoms with van der Waals surface area (Å²) >= 11 is 3.27. The van der Waals surface area contributed by atoms with Crippen molar-refractivity contribution in [3.63, 3.8) is 0 Å². The SMILES string of the molecule is CCOC(=O)c1nn(CC(C)(C)C)c(N)c1Br. The Morgan fingerprint density at radius 2 is 2.12 bits per heavy atom. The second-order valence-corrected chi connectivity index (χ2v) is 5.78. The number of aromatic nitrogens is 2. The molecule has 0 aromatic carbocycles. The molecule has 0 aliphatic heterocycles. The fourth-order valence-electron chi connectivity index (χ4n) is 1.35. The van der Waals surface area contributed by atoms with E-state index in [1.54, 1.807) is 11.6 Å². The Morgan fingerprint density at radius 3 is 2.59 bits per heavy atom. The molecule has 1 heterocycles. The van der Waals surface area contributed by atoms with E-state index in [4.69, 9.17) is 10.5 Å². The van der Waals surface area contributed by atoms with E-state index in [0.29, 0.717) is 23.4 Å². The number of ether oxygens (including phenoxy) is 1. The molecule has 1 aromatic heterocycles. The van der Waals surface area contributed by atoms with Gasteiger partial charge in [-0.2, -0.15) is 5.10 Å². The third-order valence-electron chi connectivity index (χ3n) is 2.02. The minimum atomic E-state index is -0.460. The molecular formula is C11H18BrN3O2. The van der Waals surface area contributed by atoms with Crippen LogP contribution >= 0.6 is 15.9 Å². The molecule has 0 bridgehead atoms. The standard InChI is InChI=1S/C11H18BrN3O2/c1-5-17-10(16)8-7(12)9(13)15(14-8)6-11(2,3)4/h5-6,13H2,1-4H3. The zero-order valence-electron chi connectivity index (χ0n) is 10.6. The Morgan fingerprint density at radius 1 is 1.53 bits per heavy atom. The average Bonchev–Trinajstić information content (AvgIpc) is 2.44. The highest BCUT2D eigenvalue weighted by Gasteiger charge is 2.23. The summed E-state index contributed by atoms with van der Waals surface area (Å²) in [5.74, 6) is -0.0123. The largest absolute Gasteiger partial charge is 0.461 e. The minimum absolute atomic E-state index is 0.0332. The predicted octanol–water partition coefficient (Wildman–Crippen LogP) is 2.45. The van der Waals surface area contributed by atoms with Crippen LogP contribution in [0.25, 0.3) is 0 Å². The maximum atomic E-state index is 11.6. The van der Waals surface area contributed by atoms with E-state index in [-0.39, 0.29) is 11.1 Å². The van der Waals surface area contributed by atoms with Crippen molar-refractivity contribution in [3.8, 4) is 0 Å². The summed E-state index contributed by atoms with van der Waals surface area (Å²) in [6.07, 6.45) is 0. The monoisotopic (exact) mass is 303 g/mol. The summed E-state index contributed by atoms with van der Waals surface area (Å²) in [5, 5.41) is 4.18. The van der Waals surface area contributed by atoms with Gasteiger partial charge in [0.2, 0.25) is 0 Å². The van der Waals surface area contributed by atoms with Crippen molar-refractivity contribution < 1.29 is 9.53 Å². The van der Waals surface area contributed by atoms with Gasteiger partial charge in [0.25, 0.3) is 0 Å². The first-order chi connectivity index (χ1) is 7.76. The van der Waals surface area contributed by atoms with Crippen LogP contribution < -0.4 is 5.73 Å². The quantitative estimate of drug-likeness (QED) is 0.871. The summed E-state index contributed by atoms with van der Waals surface area (Å²) in [7, 11) is 0. The Kier molecular flexibility index (Phi) is 4.19. The molecule has 0 radical (unpaired) electrons. The van der Waals surface area contributed by atoms with Gasteiger partial charge in [-0.15, -0.1) is 0 Å². The van der Waals surface area contributed by atoms with Gasteiger partial charge in [0, 0.05) is 6.54 Å². The van der Waals surface area contributed by atoms with E-state index in [1.807, 2.05) is 0 Å². The summed E-state index contributed by atoms with van der Waals surface area (Å²) in [5.41, 5.74) is 6.15. The topological polar surface area (TPSA) is 70.1 Å². The molecule has 0 atom stereocenters. The number of hydrogen-bond donors (Lipinski definition) is 1. The van der Waals surface area contributed by atoms with Crippen LogP contribution in [0.4, 0.5) is 5.82 Å². The molecule has 1 rings (SSSR count). The van der Waals surface area contributed by atoms with Gasteiger partial charge in [-0.1, -0.05) is 20.8 Å². The number of anilines is 1. The van der Waals surface area contributed by atoms with Crippen molar-refractivity contribution in [2.75, 3.05) is 12.3 Å². The van der Waals surface area contributed by atoms with Crippen molar-refractivity contribution in [1.29, 1.82) is 0 Å². The van der Waals surface area contributed by atoms with Crippen LogP contribution in [0, 0.1) is 5.41 Å². The van der Waals surface area contributed by atoms with E-state index < -0.39 is 5.97 Å². The highest BCUT2D eigenvalue weighted by atomic mass is 79.9. The normalized spacial score (nSPS) is 11.6. The lowest BCUT2D eigenvalue weighted by Crippen LogP contribution is -2.18. The van der Waals surface area contributed by atoms with Crippen LogP contribution in [0.2, 0.25) is 0 Å². The van der Waals surface area contributed by atoms with Crippen molar-refractivity contribution in [2.24, 2.45) is 5.41 Å². The Bertz CT molecular complexity index is 421. The fraction of sp³-hybridized carbons (Fsp3) is 0.636. The van der Waals surface area contributed by atoms with Crippen molar-refractivity contribution in [3.05, 3.63) is 10.2 Å². The lowest BCUT2D eigenvalue weighted by atomic mass is 9.97. The van der Waals surface area contributed by atoms with Gasteiger partial charge in [0.15, 0.2) is 5.69 Å². The van der Waals surface area contributed by atoms with Gasteiger partial charge < -0.3 is 10.5 Å². The van der Waals surface area contributed by atoms with E-state index in [9.17, 15) is 4.79 Å². The molecule has 6 heteroatoms. The molecule has 96 valence electrons. The number of esters is 1. The second-order valence-electron chi connectivity index (χ2n) is 4.99. The number of nitrogens with zero attached hydrogens (tertiary/aromatic N) is 2. The average molecular weight is 304 g/mol. The van der Waals surface area contributed by atoms with Crippen molar-refractivity contribution in [1.82, 2.24) is 9.78 Å². The van der Waals surface area contributed by atoms with Gasteiger partial charge in [0.05, 0.1) is 11.1 Å². The van der Waals surface area contributed by atoms with Crippen LogP contribution in [0.1, 0.15) is 38.2 Å². The first-order valence-corrected chi connectivity index (χ1v) is 6.24. The van der Waals surface area contributed by atoms with E-state index in [2.05, 4.69) is 41.8 Å². The molecule has 0 aliphatic carbocycles. The number of nitrogen functional groups attached to an aromatic ring is 1. The number of carbonyl (C=O) groups excluding carboxylic acids is 1. The maximum Gasteiger partial charge on any atom is 0.360 e. The van der Waals surface area contributed by atoms with Gasteiger partial charge in [-0.25, -0.2) is 9.48 Å². The van der Waals surface area contributed by atoms with Gasteiger partial charge in [-0.3, -0.25) is 0 Å². The summed E-state index contributed by atoms with van der Waals surface area (Å²) < 4.78 is 7.03. The number of nitrogens with two attached hydrogens (primary N) is 1. The lowest BCUT2D eigenvalue weighted by Gasteiger charge is -2.18. The molecule has 0 saturated heterocycles. The lowest BCUT2D eigenvalue weighted by molar-refractivity contribution is 0.0517. The molecular weight excluding hydrogens is 286 g/mol. The molecule has 0 fully saturated rings. The molecule has 0 unspecified atom stereocenters. The van der Waals surface area contributed by atoms with Crippen LogP contribution in [-0.4, -0.2) is 22.4 Å². The second kappa shape index (κ2) is 5.08. The van der Waals surface area contributed by atoms with Crippen LogP contribution in [-0.2, 0) is 11.3 Å². The predicted molar refractivity (Wildman–Crippen MR) is 69.8 cm³/mol. The molecule has 0 amide bonds. The summed E-state index contributed by atoms with van der Waals surface area (Å²) in [6.45, 7) is 8.93. The Balaban J connectivity index is 3.04. The minimum Gasteiger partial charge on any atom is -0.461 e. The highest BCUT2D eigenvalue weighted by molar-refractivity contribution is 9.10. The van der Waals surface area contributed by atoms with Gasteiger partial charge in [-0.05, 0) is 28.3 Å². The maximum absolute atomic E-state index is 11.6. The molecule has 0 spiro atoms. The zero-order chi connectivity index (χ0) is 13.2. The molecule has 5 nitrogen and oxygen atoms in total. The Labute approximate surface area is 109 Å². The molecule has 1 aromatic rings. The third kappa shape index (κ3) is 3.46. The highest BCUT2D eigenvalue weighted by Crippen LogP contribution is 2.27. The first-order valence-electron chi connectivity index (χ1n) is 5.45. The van der Waals surface area contributed by atoms with E-state index in [0.717, 1.165) is 0 Å². The van der Waals surface area contributed by atoms with E-state index in [1.165, 1.54) is 0 Å². The molecule has 17 heavy (non-hydrogen) atoms. The number of carbonyl (C=O) groups is 1. The summed E-state index contributed by atoms with van der Waals surface area (Å²) in [6, 6.07) is 0. The van der Waals surface area contributed by atoms with Crippen LogP contribution in [0.5, 0.6) is 0 Å². The Hall–Kier alpha value is -1.04. The zero-order valence-corrected chi connectivity index (χ0v) is 12.2. The molecule has 0 saturated carbocycles. The summed E-state index contributed by atoms with van der Waals surface area (Å²) in [4.78, 5) is 11.6. The number of halogens is 1. The van der Waals surface area contributed by atoms with Crippen molar-refractivity contribution >= 4 is 27.7 Å². The van der Waals surface area contributed by atoms with Crippen molar-refractivity contribution in [2.45, 2.75) is 34.2 Å². The first kappa shape index (κ1) is 14.0. The third-order valence-corrected chi connectivity index (χ3v) is 2.81. The number of hydrogen-bond acceptors (Lipinski definition) is 4. The van der Waals surface area contributed by atoms with E-state index >= 15 is 0 Å². The van der Waals surface area contributed by atoms with Crippen LogP contribution in [0.3, 0.4) is 0 Å². The van der Waals surface area contributed by atoms with Gasteiger partial charge in [0.1, 0.15) is 5.82 Å². The van der Waals surface area contributed by atoms with Crippen LogP contribution in [0.15, 0.2) is 4.47 Å². The molecule has 2 N–H and O–H groups in total. The van der Waals surface area contributed by atoms with Gasteiger partial charge >= 0.3 is 5.97 Å². The molecule has 0 aliphatic rings. The smallest absolute Gasteiger partial charge is 0.360 e. The number of rotatable bonds is 3. The fourth-order valence-corrected chi connectivity index (χ4v) is 1.80.